The summed E-state index contributed by atoms with van der Waals surface area (Å²) < 4.78 is 13.1. The lowest BCUT2D eigenvalue weighted by molar-refractivity contribution is 0.624. The molecule has 0 spiro atoms. The van der Waals surface area contributed by atoms with Gasteiger partial charge >= 0.3 is 0 Å². The Bertz CT molecular complexity index is 979. The Balaban J connectivity index is 1.37. The lowest BCUT2D eigenvalue weighted by Crippen LogP contribution is -2.46. The molecule has 0 amide bonds. The lowest BCUT2D eigenvalue weighted by Gasteiger charge is -2.36. The van der Waals surface area contributed by atoms with E-state index in [1.165, 1.54) is 12.1 Å². The van der Waals surface area contributed by atoms with E-state index in [0.29, 0.717) is 15.8 Å². The summed E-state index contributed by atoms with van der Waals surface area (Å²) in [6, 6.07) is 14.2. The van der Waals surface area contributed by atoms with Gasteiger partial charge in [0.2, 0.25) is 0 Å². The predicted octanol–water partition coefficient (Wildman–Crippen LogP) is 5.54. The van der Waals surface area contributed by atoms with Crippen molar-refractivity contribution in [1.29, 1.82) is 0 Å². The van der Waals surface area contributed by atoms with Gasteiger partial charge in [0.05, 0.1) is 0 Å². The van der Waals surface area contributed by atoms with Gasteiger partial charge in [0, 0.05) is 53.7 Å². The Hall–Kier alpha value is -2.02. The van der Waals surface area contributed by atoms with E-state index in [1.807, 2.05) is 30.3 Å². The summed E-state index contributed by atoms with van der Waals surface area (Å²) >= 11 is 13.8. The number of halogens is 3. The van der Waals surface area contributed by atoms with Crippen molar-refractivity contribution in [3.63, 3.8) is 0 Å². The number of aromatic nitrogens is 2. The van der Waals surface area contributed by atoms with E-state index in [-0.39, 0.29) is 5.82 Å². The minimum atomic E-state index is -0.210. The summed E-state index contributed by atoms with van der Waals surface area (Å²) in [4.78, 5) is 13.3. The first-order valence-corrected chi connectivity index (χ1v) is 11.0. The first-order valence-electron chi connectivity index (χ1n) is 9.23. The van der Waals surface area contributed by atoms with Gasteiger partial charge in [-0.1, -0.05) is 29.3 Å². The standard InChI is InChI=1S/C21H19Cl2FN4S/c22-16-2-1-15(19(23)11-16)13-29-21-12-20(25-14-26-21)28-9-7-27(8-10-28)18-5-3-17(24)4-6-18/h1-6,11-12,14H,7-10,13H2. The molecule has 0 N–H and O–H groups in total. The van der Waals surface area contributed by atoms with Crippen molar-refractivity contribution in [2.75, 3.05) is 36.0 Å². The van der Waals surface area contributed by atoms with Crippen molar-refractivity contribution < 1.29 is 4.39 Å². The zero-order chi connectivity index (χ0) is 20.2. The highest BCUT2D eigenvalue weighted by Crippen LogP contribution is 2.29. The molecule has 1 saturated heterocycles. The Morgan fingerprint density at radius 3 is 2.34 bits per heavy atom. The third-order valence-electron chi connectivity index (χ3n) is 4.81. The van der Waals surface area contributed by atoms with E-state index in [4.69, 9.17) is 23.2 Å². The van der Waals surface area contributed by atoms with Gasteiger partial charge in [0.1, 0.15) is 23.0 Å². The molecule has 2 aromatic carbocycles. The number of hydrogen-bond donors (Lipinski definition) is 0. The second-order valence-electron chi connectivity index (χ2n) is 6.69. The Morgan fingerprint density at radius 1 is 0.897 bits per heavy atom. The maximum atomic E-state index is 13.1. The van der Waals surface area contributed by atoms with Gasteiger partial charge in [-0.2, -0.15) is 0 Å². The maximum Gasteiger partial charge on any atom is 0.133 e. The van der Waals surface area contributed by atoms with Crippen molar-refractivity contribution in [3.05, 3.63) is 76.3 Å². The SMILES string of the molecule is Fc1ccc(N2CCN(c3cc(SCc4ccc(Cl)cc4Cl)ncn3)CC2)cc1. The molecule has 0 bridgehead atoms. The number of hydrogen-bond acceptors (Lipinski definition) is 5. The Labute approximate surface area is 183 Å². The number of rotatable bonds is 5. The number of nitrogens with zero attached hydrogens (tertiary/aromatic N) is 4. The van der Waals surface area contributed by atoms with E-state index in [2.05, 4.69) is 19.8 Å². The number of anilines is 2. The molecule has 0 saturated carbocycles. The minimum Gasteiger partial charge on any atom is -0.368 e. The second kappa shape index (κ2) is 9.20. The molecule has 1 aromatic heterocycles. The summed E-state index contributed by atoms with van der Waals surface area (Å²) in [7, 11) is 0. The van der Waals surface area contributed by atoms with Crippen molar-refractivity contribution in [3.8, 4) is 0 Å². The van der Waals surface area contributed by atoms with E-state index in [9.17, 15) is 4.39 Å². The molecule has 1 aliphatic heterocycles. The van der Waals surface area contributed by atoms with Crippen LogP contribution in [-0.4, -0.2) is 36.1 Å². The third-order valence-corrected chi connectivity index (χ3v) is 6.37. The van der Waals surface area contributed by atoms with Gasteiger partial charge in [0.25, 0.3) is 0 Å². The molecule has 1 aliphatic rings. The normalized spacial score (nSPS) is 14.3. The number of benzene rings is 2. The molecule has 0 atom stereocenters. The topological polar surface area (TPSA) is 32.3 Å². The summed E-state index contributed by atoms with van der Waals surface area (Å²) in [5, 5.41) is 2.20. The molecule has 29 heavy (non-hydrogen) atoms. The molecule has 0 radical (unpaired) electrons. The summed E-state index contributed by atoms with van der Waals surface area (Å²) in [6.45, 7) is 3.42. The van der Waals surface area contributed by atoms with E-state index < -0.39 is 0 Å². The molecule has 2 heterocycles. The van der Waals surface area contributed by atoms with Crippen LogP contribution in [0.25, 0.3) is 0 Å². The van der Waals surface area contributed by atoms with Crippen LogP contribution in [0, 0.1) is 5.82 Å². The zero-order valence-electron chi connectivity index (χ0n) is 15.6. The highest BCUT2D eigenvalue weighted by Gasteiger charge is 2.19. The average molecular weight is 449 g/mol. The molecule has 3 aromatic rings. The highest BCUT2D eigenvalue weighted by molar-refractivity contribution is 7.98. The van der Waals surface area contributed by atoms with Crippen LogP contribution >= 0.6 is 35.0 Å². The zero-order valence-corrected chi connectivity index (χ0v) is 17.9. The van der Waals surface area contributed by atoms with Crippen LogP contribution in [-0.2, 0) is 5.75 Å². The quantitative estimate of drug-likeness (QED) is 0.377. The molecule has 0 aliphatic carbocycles. The number of piperazine rings is 1. The van der Waals surface area contributed by atoms with Crippen molar-refractivity contribution in [2.45, 2.75) is 10.8 Å². The predicted molar refractivity (Wildman–Crippen MR) is 119 cm³/mol. The largest absolute Gasteiger partial charge is 0.368 e. The van der Waals surface area contributed by atoms with Crippen LogP contribution in [0.2, 0.25) is 10.0 Å². The molecular weight excluding hydrogens is 430 g/mol. The fraction of sp³-hybridized carbons (Fsp3) is 0.238. The van der Waals surface area contributed by atoms with Crippen LogP contribution in [0.3, 0.4) is 0 Å². The Kier molecular flexibility index (Phi) is 6.43. The van der Waals surface area contributed by atoms with Gasteiger partial charge in [-0.05, 0) is 42.0 Å². The third kappa shape index (κ3) is 5.13. The van der Waals surface area contributed by atoms with Gasteiger partial charge in [-0.25, -0.2) is 14.4 Å². The fourth-order valence-corrected chi connectivity index (χ4v) is 4.64. The lowest BCUT2D eigenvalue weighted by atomic mass is 10.2. The minimum absolute atomic E-state index is 0.210. The van der Waals surface area contributed by atoms with Gasteiger partial charge in [-0.3, -0.25) is 0 Å². The molecule has 4 nitrogen and oxygen atoms in total. The first kappa shape index (κ1) is 20.3. The first-order chi connectivity index (χ1) is 14.1. The Morgan fingerprint density at radius 2 is 1.62 bits per heavy atom. The van der Waals surface area contributed by atoms with Crippen LogP contribution in [0.1, 0.15) is 5.56 Å². The van der Waals surface area contributed by atoms with Gasteiger partial charge < -0.3 is 9.80 Å². The number of thioether (sulfide) groups is 1. The highest BCUT2D eigenvalue weighted by atomic mass is 35.5. The average Bonchev–Trinajstić information content (AvgIpc) is 2.74. The summed E-state index contributed by atoms with van der Waals surface area (Å²) in [6.07, 6.45) is 1.60. The maximum absolute atomic E-state index is 13.1. The smallest absolute Gasteiger partial charge is 0.133 e. The molecule has 8 heteroatoms. The van der Waals surface area contributed by atoms with Gasteiger partial charge in [0.15, 0.2) is 0 Å². The summed E-state index contributed by atoms with van der Waals surface area (Å²) in [5.41, 5.74) is 2.07. The van der Waals surface area contributed by atoms with Crippen molar-refractivity contribution in [2.24, 2.45) is 0 Å². The molecule has 0 unspecified atom stereocenters. The van der Waals surface area contributed by atoms with E-state index in [1.54, 1.807) is 24.2 Å². The van der Waals surface area contributed by atoms with Crippen LogP contribution in [0.5, 0.6) is 0 Å². The van der Waals surface area contributed by atoms with Crippen LogP contribution < -0.4 is 9.80 Å². The monoisotopic (exact) mass is 448 g/mol. The van der Waals surface area contributed by atoms with E-state index >= 15 is 0 Å². The van der Waals surface area contributed by atoms with Gasteiger partial charge in [-0.15, -0.1) is 11.8 Å². The fourth-order valence-electron chi connectivity index (χ4n) is 3.22. The van der Waals surface area contributed by atoms with E-state index in [0.717, 1.165) is 48.3 Å². The molecule has 1 fully saturated rings. The molecular formula is C21H19Cl2FN4S. The summed E-state index contributed by atoms with van der Waals surface area (Å²) in [5.74, 6) is 1.42. The molecule has 150 valence electrons. The van der Waals surface area contributed by atoms with Crippen molar-refractivity contribution >= 4 is 46.5 Å². The second-order valence-corrected chi connectivity index (χ2v) is 8.53. The van der Waals surface area contributed by atoms with Crippen LogP contribution in [0.15, 0.2) is 59.9 Å². The molecule has 4 rings (SSSR count). The van der Waals surface area contributed by atoms with Crippen LogP contribution in [0.4, 0.5) is 15.9 Å². The van der Waals surface area contributed by atoms with Crippen molar-refractivity contribution in [1.82, 2.24) is 9.97 Å².